The van der Waals surface area contributed by atoms with Crippen molar-refractivity contribution in [3.8, 4) is 5.75 Å². The molecule has 6 nitrogen and oxygen atoms in total. The molecule has 0 atom stereocenters. The SMILES string of the molecule is COc1ccccc1NC(=O)Nc1cc(C(=O)O)c(Cl)c(C2CCCC2)c1. The van der Waals surface area contributed by atoms with Crippen LogP contribution < -0.4 is 15.4 Å². The van der Waals surface area contributed by atoms with Crippen LogP contribution in [0.4, 0.5) is 16.2 Å². The molecular formula is C20H21ClN2O4. The molecule has 2 aromatic carbocycles. The number of benzene rings is 2. The first kappa shape index (κ1) is 19.0. The Bertz CT molecular complexity index is 863. The molecule has 0 aliphatic heterocycles. The minimum Gasteiger partial charge on any atom is -0.495 e. The molecule has 3 rings (SSSR count). The van der Waals surface area contributed by atoms with Gasteiger partial charge >= 0.3 is 12.0 Å². The van der Waals surface area contributed by atoms with Crippen LogP contribution in [0.5, 0.6) is 5.75 Å². The van der Waals surface area contributed by atoms with Gasteiger partial charge in [-0.2, -0.15) is 0 Å². The smallest absolute Gasteiger partial charge is 0.337 e. The Hall–Kier alpha value is -2.73. The van der Waals surface area contributed by atoms with Gasteiger partial charge in [0.25, 0.3) is 0 Å². The van der Waals surface area contributed by atoms with Crippen LogP contribution in [0.3, 0.4) is 0 Å². The fourth-order valence-electron chi connectivity index (χ4n) is 3.44. The van der Waals surface area contributed by atoms with E-state index in [4.69, 9.17) is 16.3 Å². The summed E-state index contributed by atoms with van der Waals surface area (Å²) in [4.78, 5) is 24.0. The van der Waals surface area contributed by atoms with E-state index in [0.717, 1.165) is 31.2 Å². The first-order valence-electron chi connectivity index (χ1n) is 8.77. The van der Waals surface area contributed by atoms with Crippen molar-refractivity contribution in [1.82, 2.24) is 0 Å². The van der Waals surface area contributed by atoms with Crippen LogP contribution in [0.15, 0.2) is 36.4 Å². The molecular weight excluding hydrogens is 368 g/mol. The number of hydrogen-bond acceptors (Lipinski definition) is 3. The Kier molecular flexibility index (Phi) is 5.86. The Morgan fingerprint density at radius 1 is 1.15 bits per heavy atom. The Labute approximate surface area is 162 Å². The van der Waals surface area contributed by atoms with Crippen LogP contribution >= 0.6 is 11.6 Å². The standard InChI is InChI=1S/C20H21ClN2O4/c1-27-17-9-5-4-8-16(17)23-20(26)22-13-10-14(12-6-2-3-7-12)18(21)15(11-13)19(24)25/h4-5,8-12H,2-3,6-7H2,1H3,(H,24,25)(H2,22,23,26). The quantitative estimate of drug-likeness (QED) is 0.644. The summed E-state index contributed by atoms with van der Waals surface area (Å²) in [6, 6.07) is 9.69. The Balaban J connectivity index is 1.85. The number of carboxylic acids is 1. The molecule has 3 N–H and O–H groups in total. The van der Waals surface area contributed by atoms with Crippen molar-refractivity contribution >= 4 is 35.0 Å². The third-order valence-electron chi connectivity index (χ3n) is 4.74. The number of carboxylic acid groups (broad SMARTS) is 1. The van der Waals surface area contributed by atoms with Gasteiger partial charge in [-0.25, -0.2) is 9.59 Å². The summed E-state index contributed by atoms with van der Waals surface area (Å²) >= 11 is 6.34. The maximum Gasteiger partial charge on any atom is 0.337 e. The molecule has 7 heteroatoms. The van der Waals surface area contributed by atoms with Gasteiger partial charge in [-0.15, -0.1) is 0 Å². The molecule has 0 unspecified atom stereocenters. The van der Waals surface area contributed by atoms with Crippen LogP contribution in [0.1, 0.15) is 47.5 Å². The van der Waals surface area contributed by atoms with E-state index in [-0.39, 0.29) is 16.5 Å². The van der Waals surface area contributed by atoms with Crippen LogP contribution in [0.2, 0.25) is 5.02 Å². The molecule has 2 aromatic rings. The summed E-state index contributed by atoms with van der Waals surface area (Å²) in [5, 5.41) is 15.1. The number of urea groups is 1. The largest absolute Gasteiger partial charge is 0.495 e. The summed E-state index contributed by atoms with van der Waals surface area (Å²) in [6.07, 6.45) is 4.12. The van der Waals surface area contributed by atoms with Gasteiger partial charge < -0.3 is 20.5 Å². The first-order chi connectivity index (χ1) is 13.0. The molecule has 0 radical (unpaired) electrons. The fourth-order valence-corrected chi connectivity index (χ4v) is 3.79. The Morgan fingerprint density at radius 2 is 1.85 bits per heavy atom. The average molecular weight is 389 g/mol. The summed E-state index contributed by atoms with van der Waals surface area (Å²) in [5.41, 5.74) is 1.68. The minimum atomic E-state index is -1.12. The number of rotatable bonds is 5. The fraction of sp³-hybridized carbons (Fsp3) is 0.300. The van der Waals surface area contributed by atoms with Crippen LogP contribution in [-0.4, -0.2) is 24.2 Å². The number of para-hydroxylation sites is 2. The maximum atomic E-state index is 12.4. The van der Waals surface area contributed by atoms with E-state index in [2.05, 4.69) is 10.6 Å². The molecule has 1 fully saturated rings. The second kappa shape index (κ2) is 8.31. The predicted molar refractivity (Wildman–Crippen MR) is 105 cm³/mol. The molecule has 27 heavy (non-hydrogen) atoms. The third kappa shape index (κ3) is 4.34. The van der Waals surface area contributed by atoms with Gasteiger partial charge in [0.2, 0.25) is 0 Å². The van der Waals surface area contributed by atoms with Crippen molar-refractivity contribution < 1.29 is 19.4 Å². The molecule has 0 heterocycles. The van der Waals surface area contributed by atoms with Crippen LogP contribution in [0.25, 0.3) is 0 Å². The number of halogens is 1. The molecule has 0 bridgehead atoms. The highest BCUT2D eigenvalue weighted by Crippen LogP contribution is 2.40. The number of carbonyl (C=O) groups is 2. The summed E-state index contributed by atoms with van der Waals surface area (Å²) in [6.45, 7) is 0. The number of ether oxygens (including phenoxy) is 1. The van der Waals surface area contributed by atoms with E-state index in [1.807, 2.05) is 0 Å². The normalized spacial score (nSPS) is 14.0. The van der Waals surface area contributed by atoms with Gasteiger partial charge in [-0.3, -0.25) is 0 Å². The second-order valence-corrected chi connectivity index (χ2v) is 6.87. The van der Waals surface area contributed by atoms with Gasteiger partial charge in [-0.05, 0) is 48.6 Å². The minimum absolute atomic E-state index is 0.00587. The predicted octanol–water partition coefficient (Wildman–Crippen LogP) is 5.35. The van der Waals surface area contributed by atoms with E-state index >= 15 is 0 Å². The molecule has 1 aliphatic carbocycles. The van der Waals surface area contributed by atoms with Gasteiger partial charge in [0.05, 0.1) is 23.4 Å². The number of methoxy groups -OCH3 is 1. The van der Waals surface area contributed by atoms with Crippen molar-refractivity contribution in [3.63, 3.8) is 0 Å². The zero-order valence-electron chi connectivity index (χ0n) is 14.9. The number of amides is 2. The number of anilines is 2. The Morgan fingerprint density at radius 3 is 2.52 bits per heavy atom. The second-order valence-electron chi connectivity index (χ2n) is 6.49. The highest BCUT2D eigenvalue weighted by atomic mass is 35.5. The lowest BCUT2D eigenvalue weighted by Gasteiger charge is -2.17. The van der Waals surface area contributed by atoms with E-state index in [0.29, 0.717) is 17.1 Å². The van der Waals surface area contributed by atoms with E-state index in [9.17, 15) is 14.7 Å². The summed E-state index contributed by atoms with van der Waals surface area (Å²) < 4.78 is 5.21. The maximum absolute atomic E-state index is 12.4. The monoisotopic (exact) mass is 388 g/mol. The first-order valence-corrected chi connectivity index (χ1v) is 9.15. The van der Waals surface area contributed by atoms with E-state index < -0.39 is 12.0 Å². The van der Waals surface area contributed by atoms with Gasteiger partial charge in [0.1, 0.15) is 5.75 Å². The van der Waals surface area contributed by atoms with Crippen molar-refractivity contribution in [2.24, 2.45) is 0 Å². The van der Waals surface area contributed by atoms with Crippen molar-refractivity contribution in [3.05, 3.63) is 52.5 Å². The average Bonchev–Trinajstić information content (AvgIpc) is 3.17. The molecule has 1 saturated carbocycles. The number of hydrogen-bond donors (Lipinski definition) is 3. The highest BCUT2D eigenvalue weighted by Gasteiger charge is 2.24. The zero-order chi connectivity index (χ0) is 19.4. The van der Waals surface area contributed by atoms with Crippen LogP contribution in [-0.2, 0) is 0 Å². The van der Waals surface area contributed by atoms with Crippen molar-refractivity contribution in [1.29, 1.82) is 0 Å². The van der Waals surface area contributed by atoms with Crippen LogP contribution in [0, 0.1) is 0 Å². The molecule has 0 saturated heterocycles. The molecule has 2 amide bonds. The highest BCUT2D eigenvalue weighted by molar-refractivity contribution is 6.34. The molecule has 1 aliphatic rings. The topological polar surface area (TPSA) is 87.7 Å². The molecule has 0 aromatic heterocycles. The number of carbonyl (C=O) groups excluding carboxylic acids is 1. The lowest BCUT2D eigenvalue weighted by atomic mass is 9.95. The van der Waals surface area contributed by atoms with E-state index in [1.54, 1.807) is 30.3 Å². The summed E-state index contributed by atoms with van der Waals surface area (Å²) in [7, 11) is 1.52. The van der Waals surface area contributed by atoms with Gasteiger partial charge in [-0.1, -0.05) is 36.6 Å². The number of aromatic carboxylic acids is 1. The van der Waals surface area contributed by atoms with Crippen molar-refractivity contribution in [2.45, 2.75) is 31.6 Å². The zero-order valence-corrected chi connectivity index (χ0v) is 15.7. The molecule has 142 valence electrons. The van der Waals surface area contributed by atoms with E-state index in [1.165, 1.54) is 13.2 Å². The van der Waals surface area contributed by atoms with Crippen molar-refractivity contribution in [2.75, 3.05) is 17.7 Å². The lowest BCUT2D eigenvalue weighted by Crippen LogP contribution is -2.20. The number of nitrogens with one attached hydrogen (secondary N) is 2. The van der Waals surface area contributed by atoms with Gasteiger partial charge in [0, 0.05) is 5.69 Å². The third-order valence-corrected chi connectivity index (χ3v) is 5.16. The lowest BCUT2D eigenvalue weighted by molar-refractivity contribution is 0.0697. The summed E-state index contributed by atoms with van der Waals surface area (Å²) in [5.74, 6) is -0.371. The van der Waals surface area contributed by atoms with Gasteiger partial charge in [0.15, 0.2) is 0 Å². The molecule has 0 spiro atoms.